The number of H-pyrrole nitrogens is 1. The molecule has 0 spiro atoms. The summed E-state index contributed by atoms with van der Waals surface area (Å²) in [4.78, 5) is 33.9. The molecule has 1 unspecified atom stereocenters. The van der Waals surface area contributed by atoms with Crippen LogP contribution in [-0.2, 0) is 20.6 Å². The number of aryl methyl sites for hydroxylation is 1. The van der Waals surface area contributed by atoms with E-state index in [1.165, 1.54) is 24.5 Å². The van der Waals surface area contributed by atoms with E-state index in [2.05, 4.69) is 21.8 Å². The van der Waals surface area contributed by atoms with Gasteiger partial charge in [0.2, 0.25) is 0 Å². The molecule has 7 heteroatoms. The number of fused-ring (bicyclic) bond motifs is 1. The minimum atomic E-state index is -0.350. The van der Waals surface area contributed by atoms with Crippen molar-refractivity contribution in [2.45, 2.75) is 26.3 Å². The van der Waals surface area contributed by atoms with Gasteiger partial charge in [-0.1, -0.05) is 6.92 Å². The normalized spacial score (nSPS) is 20.2. The van der Waals surface area contributed by atoms with Crippen LogP contribution >= 0.6 is 0 Å². The third-order valence-electron chi connectivity index (χ3n) is 4.26. The lowest BCUT2D eigenvalue weighted by atomic mass is 10.0. The van der Waals surface area contributed by atoms with Crippen LogP contribution in [0.25, 0.3) is 11.2 Å². The number of rotatable bonds is 2. The molecule has 1 fully saturated rings. The summed E-state index contributed by atoms with van der Waals surface area (Å²) in [5, 5.41) is 0. The number of hydrogen-bond donors (Lipinski definition) is 1. The predicted octanol–water partition coefficient (Wildman–Crippen LogP) is 0.192. The molecule has 0 aliphatic carbocycles. The van der Waals surface area contributed by atoms with Crippen LogP contribution < -0.4 is 11.2 Å². The number of likely N-dealkylation sites (tertiary alicyclic amines) is 1. The van der Waals surface area contributed by atoms with Gasteiger partial charge in [-0.2, -0.15) is 0 Å². The maximum atomic E-state index is 12.1. The molecule has 0 radical (unpaired) electrons. The van der Waals surface area contributed by atoms with Gasteiger partial charge in [0.25, 0.3) is 5.56 Å². The molecule has 0 bridgehead atoms. The highest BCUT2D eigenvalue weighted by Gasteiger charge is 2.19. The minimum Gasteiger partial charge on any atom is -0.335 e. The summed E-state index contributed by atoms with van der Waals surface area (Å²) in [5.74, 6) is 1.44. The summed E-state index contributed by atoms with van der Waals surface area (Å²) in [6, 6.07) is 0. The lowest BCUT2D eigenvalue weighted by molar-refractivity contribution is 0.173. The third-order valence-corrected chi connectivity index (χ3v) is 4.26. The average Bonchev–Trinajstić information content (AvgIpc) is 2.87. The smallest absolute Gasteiger partial charge is 0.332 e. The quantitative estimate of drug-likeness (QED) is 0.857. The Hall–Kier alpha value is -1.89. The van der Waals surface area contributed by atoms with Crippen molar-refractivity contribution in [2.75, 3.05) is 13.1 Å². The molecular formula is C14H21N5O2. The van der Waals surface area contributed by atoms with E-state index >= 15 is 0 Å². The van der Waals surface area contributed by atoms with Crippen LogP contribution in [0, 0.1) is 5.92 Å². The molecule has 2 aromatic heterocycles. The first-order valence-electron chi connectivity index (χ1n) is 7.34. The number of aromatic amines is 1. The Morgan fingerprint density at radius 1 is 1.29 bits per heavy atom. The molecule has 7 nitrogen and oxygen atoms in total. The van der Waals surface area contributed by atoms with Crippen LogP contribution in [0.1, 0.15) is 25.6 Å². The fourth-order valence-corrected chi connectivity index (χ4v) is 3.09. The molecule has 0 amide bonds. The Morgan fingerprint density at radius 3 is 2.76 bits per heavy atom. The third kappa shape index (κ3) is 2.42. The van der Waals surface area contributed by atoms with Gasteiger partial charge in [-0.3, -0.25) is 18.8 Å². The van der Waals surface area contributed by atoms with Crippen LogP contribution in [0.4, 0.5) is 0 Å². The second-order valence-electron chi connectivity index (χ2n) is 6.07. The lowest BCUT2D eigenvalue weighted by Crippen LogP contribution is -2.36. The number of nitrogens with one attached hydrogen (secondary N) is 1. The molecule has 1 aliphatic heterocycles. The topological polar surface area (TPSA) is 75.9 Å². The lowest BCUT2D eigenvalue weighted by Gasteiger charge is -2.29. The van der Waals surface area contributed by atoms with Crippen molar-refractivity contribution >= 4 is 11.2 Å². The highest BCUT2D eigenvalue weighted by atomic mass is 16.2. The Bertz CT molecular complexity index is 785. The monoisotopic (exact) mass is 291 g/mol. The van der Waals surface area contributed by atoms with Crippen molar-refractivity contribution in [1.29, 1.82) is 0 Å². The first kappa shape index (κ1) is 14.1. The van der Waals surface area contributed by atoms with Gasteiger partial charge in [0.15, 0.2) is 5.65 Å². The molecule has 1 atom stereocenters. The van der Waals surface area contributed by atoms with Gasteiger partial charge in [0.05, 0.1) is 6.54 Å². The Kier molecular flexibility index (Phi) is 3.44. The van der Waals surface area contributed by atoms with Crippen molar-refractivity contribution < 1.29 is 0 Å². The van der Waals surface area contributed by atoms with Gasteiger partial charge in [-0.25, -0.2) is 9.78 Å². The summed E-state index contributed by atoms with van der Waals surface area (Å²) in [7, 11) is 3.12. The molecule has 0 aromatic carbocycles. The second-order valence-corrected chi connectivity index (χ2v) is 6.07. The first-order chi connectivity index (χ1) is 9.97. The highest BCUT2D eigenvalue weighted by molar-refractivity contribution is 5.69. The zero-order valence-electron chi connectivity index (χ0n) is 12.7. The van der Waals surface area contributed by atoms with Crippen LogP contribution in [0.5, 0.6) is 0 Å². The molecule has 1 N–H and O–H groups in total. The standard InChI is InChI=1S/C14H21N5O2/c1-9-5-4-6-19(7-9)8-10-15-11-12(16-10)17(2)14(21)18(3)13(11)20/h9H,4-8H2,1-3H3,(H,15,16). The Balaban J connectivity index is 1.98. The summed E-state index contributed by atoms with van der Waals surface area (Å²) in [6.45, 7) is 5.05. The largest absolute Gasteiger partial charge is 0.335 e. The van der Waals surface area contributed by atoms with Gasteiger partial charge >= 0.3 is 5.69 Å². The van der Waals surface area contributed by atoms with E-state index in [0.717, 1.165) is 23.5 Å². The zero-order valence-corrected chi connectivity index (χ0v) is 12.7. The van der Waals surface area contributed by atoms with Crippen molar-refractivity contribution in [3.8, 4) is 0 Å². The van der Waals surface area contributed by atoms with E-state index in [0.29, 0.717) is 23.6 Å². The van der Waals surface area contributed by atoms with Crippen LogP contribution in [0.2, 0.25) is 0 Å². The number of hydrogen-bond acceptors (Lipinski definition) is 4. The summed E-state index contributed by atoms with van der Waals surface area (Å²) in [6.07, 6.45) is 2.47. The van der Waals surface area contributed by atoms with Gasteiger partial charge < -0.3 is 4.98 Å². The minimum absolute atomic E-state index is 0.320. The number of piperidine rings is 1. The summed E-state index contributed by atoms with van der Waals surface area (Å²) < 4.78 is 2.52. The van der Waals surface area contributed by atoms with Crippen molar-refractivity contribution in [2.24, 2.45) is 20.0 Å². The predicted molar refractivity (Wildman–Crippen MR) is 80.3 cm³/mol. The second kappa shape index (κ2) is 5.14. The molecule has 0 saturated carbocycles. The number of nitrogens with zero attached hydrogens (tertiary/aromatic N) is 4. The van der Waals surface area contributed by atoms with E-state index in [1.807, 2.05) is 0 Å². The maximum absolute atomic E-state index is 12.1. The Labute approximate surface area is 122 Å². The van der Waals surface area contributed by atoms with E-state index < -0.39 is 0 Å². The van der Waals surface area contributed by atoms with Gasteiger partial charge in [0, 0.05) is 20.6 Å². The van der Waals surface area contributed by atoms with Crippen molar-refractivity contribution in [3.05, 3.63) is 26.7 Å². The maximum Gasteiger partial charge on any atom is 0.332 e. The average molecular weight is 291 g/mol. The Morgan fingerprint density at radius 2 is 2.05 bits per heavy atom. The molecular weight excluding hydrogens is 270 g/mol. The summed E-state index contributed by atoms with van der Waals surface area (Å²) in [5.41, 5.74) is 0.166. The van der Waals surface area contributed by atoms with Crippen LogP contribution in [-0.4, -0.2) is 37.1 Å². The van der Waals surface area contributed by atoms with E-state index in [1.54, 1.807) is 7.05 Å². The van der Waals surface area contributed by atoms with Gasteiger partial charge in [-0.05, 0) is 25.3 Å². The summed E-state index contributed by atoms with van der Waals surface area (Å²) >= 11 is 0. The molecule has 1 saturated heterocycles. The van der Waals surface area contributed by atoms with Gasteiger partial charge in [-0.15, -0.1) is 0 Å². The highest BCUT2D eigenvalue weighted by Crippen LogP contribution is 2.17. The van der Waals surface area contributed by atoms with Crippen molar-refractivity contribution in [3.63, 3.8) is 0 Å². The molecule has 1 aliphatic rings. The number of imidazole rings is 1. The fourth-order valence-electron chi connectivity index (χ4n) is 3.09. The van der Waals surface area contributed by atoms with Crippen LogP contribution in [0.15, 0.2) is 9.59 Å². The SMILES string of the molecule is CC1CCCN(Cc2nc3c([nH]2)c(=O)n(C)c(=O)n3C)C1. The van der Waals surface area contributed by atoms with Crippen LogP contribution in [0.3, 0.4) is 0 Å². The molecule has 21 heavy (non-hydrogen) atoms. The molecule has 3 heterocycles. The zero-order chi connectivity index (χ0) is 15.1. The van der Waals surface area contributed by atoms with Crippen molar-refractivity contribution in [1.82, 2.24) is 24.0 Å². The van der Waals surface area contributed by atoms with E-state index in [9.17, 15) is 9.59 Å². The molecule has 2 aromatic rings. The van der Waals surface area contributed by atoms with E-state index in [-0.39, 0.29) is 11.2 Å². The van der Waals surface area contributed by atoms with E-state index in [4.69, 9.17) is 0 Å². The molecule has 3 rings (SSSR count). The van der Waals surface area contributed by atoms with Gasteiger partial charge in [0.1, 0.15) is 11.3 Å². The molecule has 114 valence electrons. The first-order valence-corrected chi connectivity index (χ1v) is 7.34. The number of aromatic nitrogens is 4. The fraction of sp³-hybridized carbons (Fsp3) is 0.643.